The molecule has 0 atom stereocenters. The molecule has 0 radical (unpaired) electrons. The lowest BCUT2D eigenvalue weighted by molar-refractivity contribution is 0.304. The first kappa shape index (κ1) is 9.96. The van der Waals surface area contributed by atoms with Crippen molar-refractivity contribution in [1.29, 1.82) is 0 Å². The quantitative estimate of drug-likeness (QED) is 0.517. The second kappa shape index (κ2) is 5.51. The Morgan fingerprint density at radius 2 is 2.31 bits per heavy atom. The number of ether oxygens (including phenoxy) is 1. The Kier molecular flexibility index (Phi) is 4.23. The van der Waals surface area contributed by atoms with Gasteiger partial charge in [0.25, 0.3) is 0 Å². The summed E-state index contributed by atoms with van der Waals surface area (Å²) < 4.78 is 17.9. The third kappa shape index (κ3) is 3.87. The fourth-order valence-corrected chi connectivity index (χ4v) is 1.02. The number of rotatable bonds is 5. The molecule has 1 heterocycles. The van der Waals surface area contributed by atoms with Crippen molar-refractivity contribution in [3.8, 4) is 5.75 Å². The van der Waals surface area contributed by atoms with Crippen molar-refractivity contribution in [3.63, 3.8) is 0 Å². The molecule has 0 spiro atoms. The number of hydrogen-bond acceptors (Lipinski definition) is 2. The van der Waals surface area contributed by atoms with Gasteiger partial charge in [-0.25, -0.2) is 4.98 Å². The molecular weight excluding hydrogens is 169 g/mol. The van der Waals surface area contributed by atoms with Gasteiger partial charge >= 0.3 is 0 Å². The monoisotopic (exact) mass is 183 g/mol. The summed E-state index contributed by atoms with van der Waals surface area (Å²) in [7, 11) is 0. The van der Waals surface area contributed by atoms with Gasteiger partial charge in [-0.05, 0) is 12.5 Å². The van der Waals surface area contributed by atoms with Crippen LogP contribution in [0.3, 0.4) is 0 Å². The molecule has 0 amide bonds. The van der Waals surface area contributed by atoms with E-state index >= 15 is 0 Å². The number of nitrogens with zero attached hydrogens (tertiary/aromatic N) is 1. The zero-order valence-electron chi connectivity index (χ0n) is 7.79. The summed E-state index contributed by atoms with van der Waals surface area (Å²) in [6, 6.07) is 2.96. The van der Waals surface area contributed by atoms with Crippen molar-refractivity contribution in [1.82, 2.24) is 4.98 Å². The molecule has 0 aliphatic carbocycles. The number of pyridine rings is 1. The van der Waals surface area contributed by atoms with E-state index in [2.05, 4.69) is 11.9 Å². The average molecular weight is 183 g/mol. The lowest BCUT2D eigenvalue weighted by atomic mass is 10.3. The number of unbranched alkanes of at least 4 members (excludes halogenated alkanes) is 2. The Balaban J connectivity index is 2.28. The van der Waals surface area contributed by atoms with Crippen LogP contribution in [0.25, 0.3) is 0 Å². The molecule has 0 aliphatic rings. The van der Waals surface area contributed by atoms with E-state index in [1.807, 2.05) is 0 Å². The molecule has 2 nitrogen and oxygen atoms in total. The Hall–Kier alpha value is -1.12. The van der Waals surface area contributed by atoms with E-state index in [-0.39, 0.29) is 0 Å². The van der Waals surface area contributed by atoms with Crippen LogP contribution in [0.15, 0.2) is 18.3 Å². The van der Waals surface area contributed by atoms with Crippen LogP contribution < -0.4 is 4.74 Å². The van der Waals surface area contributed by atoms with Crippen LogP contribution in [0.1, 0.15) is 26.2 Å². The molecule has 0 aromatic carbocycles. The van der Waals surface area contributed by atoms with Gasteiger partial charge in [-0.2, -0.15) is 4.39 Å². The average Bonchev–Trinajstić information content (AvgIpc) is 2.13. The van der Waals surface area contributed by atoms with Gasteiger partial charge in [0, 0.05) is 12.3 Å². The van der Waals surface area contributed by atoms with Gasteiger partial charge in [-0.1, -0.05) is 19.8 Å². The van der Waals surface area contributed by atoms with Gasteiger partial charge in [0.05, 0.1) is 6.61 Å². The van der Waals surface area contributed by atoms with Crippen molar-refractivity contribution >= 4 is 0 Å². The molecule has 0 aliphatic heterocycles. The molecule has 72 valence electrons. The predicted molar refractivity (Wildman–Crippen MR) is 49.2 cm³/mol. The Morgan fingerprint density at radius 3 is 3.00 bits per heavy atom. The van der Waals surface area contributed by atoms with Gasteiger partial charge in [-0.15, -0.1) is 0 Å². The smallest absolute Gasteiger partial charge is 0.216 e. The molecule has 0 fully saturated rings. The van der Waals surface area contributed by atoms with Crippen molar-refractivity contribution in [2.45, 2.75) is 26.2 Å². The highest BCUT2D eigenvalue weighted by Crippen LogP contribution is 2.10. The topological polar surface area (TPSA) is 22.1 Å². The first-order chi connectivity index (χ1) is 6.33. The first-order valence-corrected chi connectivity index (χ1v) is 4.57. The van der Waals surface area contributed by atoms with Crippen molar-refractivity contribution in [2.24, 2.45) is 0 Å². The zero-order chi connectivity index (χ0) is 9.52. The maximum Gasteiger partial charge on any atom is 0.216 e. The third-order valence-electron chi connectivity index (χ3n) is 1.71. The standard InChI is InChI=1S/C10H14FNO/c1-2-3-4-7-13-9-5-6-12-10(11)8-9/h5-6,8H,2-4,7H2,1H3. The van der Waals surface area contributed by atoms with Crippen molar-refractivity contribution in [2.75, 3.05) is 6.61 Å². The molecule has 0 saturated heterocycles. The molecule has 0 bridgehead atoms. The van der Waals surface area contributed by atoms with Crippen molar-refractivity contribution < 1.29 is 9.13 Å². The Bertz CT molecular complexity index is 252. The minimum Gasteiger partial charge on any atom is -0.493 e. The fourth-order valence-electron chi connectivity index (χ4n) is 1.02. The highest BCUT2D eigenvalue weighted by molar-refractivity contribution is 5.17. The summed E-state index contributed by atoms with van der Waals surface area (Å²) in [5.74, 6) is 0.0663. The van der Waals surface area contributed by atoms with Crippen LogP contribution in [0.4, 0.5) is 4.39 Å². The van der Waals surface area contributed by atoms with Crippen LogP contribution >= 0.6 is 0 Å². The Morgan fingerprint density at radius 1 is 1.46 bits per heavy atom. The van der Waals surface area contributed by atoms with E-state index in [4.69, 9.17) is 4.74 Å². The van der Waals surface area contributed by atoms with Crippen LogP contribution in [0.5, 0.6) is 5.75 Å². The number of aromatic nitrogens is 1. The lowest BCUT2D eigenvalue weighted by Gasteiger charge is -2.04. The highest BCUT2D eigenvalue weighted by atomic mass is 19.1. The largest absolute Gasteiger partial charge is 0.493 e. The minimum absolute atomic E-state index is 0.493. The fraction of sp³-hybridized carbons (Fsp3) is 0.500. The Labute approximate surface area is 77.8 Å². The molecule has 1 aromatic rings. The van der Waals surface area contributed by atoms with E-state index in [0.717, 1.165) is 19.3 Å². The van der Waals surface area contributed by atoms with Crippen LogP contribution in [0.2, 0.25) is 0 Å². The van der Waals surface area contributed by atoms with Gasteiger partial charge < -0.3 is 4.74 Å². The molecule has 13 heavy (non-hydrogen) atoms. The second-order valence-electron chi connectivity index (χ2n) is 2.87. The maximum absolute atomic E-state index is 12.6. The summed E-state index contributed by atoms with van der Waals surface area (Å²) in [6.07, 6.45) is 4.73. The van der Waals surface area contributed by atoms with E-state index < -0.39 is 5.95 Å². The van der Waals surface area contributed by atoms with Gasteiger partial charge in [0.1, 0.15) is 5.75 Å². The number of halogens is 1. The van der Waals surface area contributed by atoms with E-state index in [1.165, 1.54) is 12.3 Å². The predicted octanol–water partition coefficient (Wildman–Crippen LogP) is 2.79. The zero-order valence-corrected chi connectivity index (χ0v) is 7.79. The van der Waals surface area contributed by atoms with Crippen LogP contribution in [-0.4, -0.2) is 11.6 Å². The maximum atomic E-state index is 12.6. The summed E-state index contributed by atoms with van der Waals surface area (Å²) in [5.41, 5.74) is 0. The van der Waals surface area contributed by atoms with Gasteiger partial charge in [-0.3, -0.25) is 0 Å². The van der Waals surface area contributed by atoms with E-state index in [0.29, 0.717) is 12.4 Å². The summed E-state index contributed by atoms with van der Waals surface area (Å²) in [5, 5.41) is 0. The molecule has 1 rings (SSSR count). The third-order valence-corrected chi connectivity index (χ3v) is 1.71. The molecule has 0 unspecified atom stereocenters. The van der Waals surface area contributed by atoms with Crippen LogP contribution in [0, 0.1) is 5.95 Å². The molecular formula is C10H14FNO. The molecule has 0 N–H and O–H groups in total. The van der Waals surface area contributed by atoms with Gasteiger partial charge in [0.15, 0.2) is 0 Å². The SMILES string of the molecule is CCCCCOc1ccnc(F)c1. The number of hydrogen-bond donors (Lipinski definition) is 0. The molecule has 0 saturated carbocycles. The normalized spacial score (nSPS) is 10.0. The summed E-state index contributed by atoms with van der Waals surface area (Å²) >= 11 is 0. The highest BCUT2D eigenvalue weighted by Gasteiger charge is 1.95. The first-order valence-electron chi connectivity index (χ1n) is 4.57. The van der Waals surface area contributed by atoms with Gasteiger partial charge in [0.2, 0.25) is 5.95 Å². The van der Waals surface area contributed by atoms with E-state index in [1.54, 1.807) is 6.07 Å². The van der Waals surface area contributed by atoms with Crippen molar-refractivity contribution in [3.05, 3.63) is 24.3 Å². The second-order valence-corrected chi connectivity index (χ2v) is 2.87. The summed E-state index contributed by atoms with van der Waals surface area (Å²) in [4.78, 5) is 3.44. The van der Waals surface area contributed by atoms with Crippen LogP contribution in [-0.2, 0) is 0 Å². The molecule has 3 heteroatoms. The summed E-state index contributed by atoms with van der Waals surface area (Å²) in [6.45, 7) is 2.78. The lowest BCUT2D eigenvalue weighted by Crippen LogP contribution is -1.97. The molecule has 1 aromatic heterocycles. The van der Waals surface area contributed by atoms with E-state index in [9.17, 15) is 4.39 Å². The minimum atomic E-state index is -0.493.